The van der Waals surface area contributed by atoms with Gasteiger partial charge in [0.25, 0.3) is 11.8 Å². The molecule has 0 aliphatic carbocycles. The second kappa shape index (κ2) is 15.3. The lowest BCUT2D eigenvalue weighted by Gasteiger charge is -2.16. The van der Waals surface area contributed by atoms with Crippen molar-refractivity contribution in [2.75, 3.05) is 10.6 Å². The number of rotatable bonds is 14. The van der Waals surface area contributed by atoms with Gasteiger partial charge in [0.05, 0.1) is 52.0 Å². The number of hydrogen-bond donors (Lipinski definition) is 2. The first kappa shape index (κ1) is 37.8. The third-order valence-electron chi connectivity index (χ3n) is 12.6. The molecule has 6 aromatic heterocycles. The largest absolute Gasteiger partial charge is 0.339 e. The van der Waals surface area contributed by atoms with E-state index in [-0.39, 0.29) is 11.8 Å². The molecule has 10 heteroatoms. The molecular formula is C48H48N4O2S4. The number of fused-ring (bicyclic) bond motifs is 8. The number of amides is 2. The fourth-order valence-electron chi connectivity index (χ4n) is 9.30. The van der Waals surface area contributed by atoms with Crippen LogP contribution in [-0.2, 0) is 22.7 Å². The first-order chi connectivity index (χ1) is 28.4. The Bertz CT molecular complexity index is 2730. The zero-order valence-corrected chi connectivity index (χ0v) is 36.8. The summed E-state index contributed by atoms with van der Waals surface area (Å²) >= 11 is 7.31. The molecule has 2 amide bonds. The van der Waals surface area contributed by atoms with Crippen LogP contribution in [0.3, 0.4) is 0 Å². The van der Waals surface area contributed by atoms with E-state index in [1.807, 2.05) is 57.5 Å². The predicted octanol–water partition coefficient (Wildman–Crippen LogP) is 14.7. The Labute approximate surface area is 355 Å². The smallest absolute Gasteiger partial charge is 0.257 e. The van der Waals surface area contributed by atoms with Gasteiger partial charge < -0.3 is 19.8 Å². The number of hydrogen-bond acceptors (Lipinski definition) is 6. The van der Waals surface area contributed by atoms with E-state index >= 15 is 0 Å². The van der Waals surface area contributed by atoms with Gasteiger partial charge in [-0.15, -0.1) is 45.3 Å². The third kappa shape index (κ3) is 6.21. The molecule has 0 fully saturated rings. The van der Waals surface area contributed by atoms with Gasteiger partial charge >= 0.3 is 0 Å². The van der Waals surface area contributed by atoms with Crippen LogP contribution < -0.4 is 10.6 Å². The van der Waals surface area contributed by atoms with Crippen LogP contribution >= 0.6 is 45.3 Å². The number of carbonyl (C=O) groups is 2. The standard InChI is InChI=1S/C48H48N4O2S4/c1-5-9-11-27(7-3)25-51-35-17-19-55-43(35)45-37(51)23-39(57-45)29-13-15-31-33(21-29)49-47(53)41(31)42-32-16-14-30(22-34(32)50-48(42)54)40-24-38-46(58-40)44-36(18-20-56-44)52(38)26-28(8-4)12-10-6-2/h13-24,27-28H,5-12,25-26H2,1-4H3,(H,49,53)(H,50,54)/b42-41+. The van der Waals surface area contributed by atoms with Crippen molar-refractivity contribution in [2.45, 2.75) is 92.2 Å². The molecule has 2 aliphatic rings. The minimum atomic E-state index is -0.235. The minimum absolute atomic E-state index is 0.235. The lowest BCUT2D eigenvalue weighted by molar-refractivity contribution is -0.112. The Morgan fingerprint density at radius 1 is 0.552 bits per heavy atom. The van der Waals surface area contributed by atoms with E-state index in [9.17, 15) is 9.59 Å². The molecular weight excluding hydrogens is 793 g/mol. The zero-order chi connectivity index (χ0) is 39.7. The van der Waals surface area contributed by atoms with Gasteiger partial charge in [0, 0.05) is 45.3 Å². The van der Waals surface area contributed by atoms with Crippen LogP contribution in [0.1, 0.15) is 90.2 Å². The minimum Gasteiger partial charge on any atom is -0.339 e. The molecule has 0 bridgehead atoms. The molecule has 0 radical (unpaired) electrons. The number of thiophene rings is 4. The number of nitrogens with one attached hydrogen (secondary N) is 2. The summed E-state index contributed by atoms with van der Waals surface area (Å²) in [4.78, 5) is 29.9. The molecule has 58 heavy (non-hydrogen) atoms. The summed E-state index contributed by atoms with van der Waals surface area (Å²) < 4.78 is 10.5. The Morgan fingerprint density at radius 3 is 1.41 bits per heavy atom. The highest BCUT2D eigenvalue weighted by molar-refractivity contribution is 7.29. The van der Waals surface area contributed by atoms with Crippen molar-refractivity contribution in [1.29, 1.82) is 0 Å². The van der Waals surface area contributed by atoms with Crippen molar-refractivity contribution in [3.05, 3.63) is 82.6 Å². The second-order valence-electron chi connectivity index (χ2n) is 16.2. The SMILES string of the molecule is CCCCC(CC)Cn1c2ccsc2c2sc(-c3ccc4c(c3)NC(=O)/C4=C3/C(=O)Nc4cc(-c5cc6c(s5)c5sccc5n6CC(CC)CCCC)ccc43)cc21. The van der Waals surface area contributed by atoms with E-state index in [2.05, 4.69) is 107 Å². The Balaban J connectivity index is 0.968. The first-order valence-electron chi connectivity index (χ1n) is 21.0. The average molecular weight is 841 g/mol. The van der Waals surface area contributed by atoms with Crippen molar-refractivity contribution in [3.8, 4) is 20.9 Å². The molecule has 0 saturated carbocycles. The van der Waals surface area contributed by atoms with Crippen LogP contribution in [-0.4, -0.2) is 20.9 Å². The molecule has 0 saturated heterocycles. The zero-order valence-electron chi connectivity index (χ0n) is 33.5. The summed E-state index contributed by atoms with van der Waals surface area (Å²) in [6.45, 7) is 11.3. The maximum absolute atomic E-state index is 13.8. The molecule has 8 heterocycles. The number of carbonyl (C=O) groups excluding carboxylic acids is 2. The number of nitrogens with zero attached hydrogens (tertiary/aromatic N) is 2. The maximum Gasteiger partial charge on any atom is 0.257 e. The van der Waals surface area contributed by atoms with E-state index in [1.165, 1.54) is 102 Å². The van der Waals surface area contributed by atoms with Gasteiger partial charge in [0.1, 0.15) is 0 Å². The highest BCUT2D eigenvalue weighted by Crippen LogP contribution is 2.48. The third-order valence-corrected chi connectivity index (χ3v) is 17.1. The Kier molecular flexibility index (Phi) is 9.95. The van der Waals surface area contributed by atoms with Crippen molar-refractivity contribution in [3.63, 3.8) is 0 Å². The highest BCUT2D eigenvalue weighted by Gasteiger charge is 2.36. The molecule has 2 aromatic carbocycles. The summed E-state index contributed by atoms with van der Waals surface area (Å²) in [7, 11) is 0. The van der Waals surface area contributed by atoms with Gasteiger partial charge in [-0.2, -0.15) is 0 Å². The van der Waals surface area contributed by atoms with Crippen molar-refractivity contribution in [2.24, 2.45) is 11.8 Å². The van der Waals surface area contributed by atoms with Crippen LogP contribution in [0.2, 0.25) is 0 Å². The van der Waals surface area contributed by atoms with E-state index < -0.39 is 0 Å². The first-order valence-corrected chi connectivity index (χ1v) is 24.4. The molecule has 2 aliphatic heterocycles. The monoisotopic (exact) mass is 840 g/mol. The molecule has 0 spiro atoms. The van der Waals surface area contributed by atoms with Crippen LogP contribution in [0.25, 0.3) is 72.9 Å². The summed E-state index contributed by atoms with van der Waals surface area (Å²) in [5, 5.41) is 10.7. The summed E-state index contributed by atoms with van der Waals surface area (Å²) in [5.74, 6) is 0.843. The Hall–Kier alpha value is -4.48. The van der Waals surface area contributed by atoms with Crippen LogP contribution in [0.5, 0.6) is 0 Å². The van der Waals surface area contributed by atoms with Crippen LogP contribution in [0, 0.1) is 11.8 Å². The summed E-state index contributed by atoms with van der Waals surface area (Å²) in [5.41, 5.74) is 11.4. The average Bonchev–Trinajstić information content (AvgIpc) is 4.09. The van der Waals surface area contributed by atoms with Crippen LogP contribution in [0.15, 0.2) is 71.4 Å². The van der Waals surface area contributed by atoms with E-state index in [0.717, 1.165) is 46.7 Å². The number of anilines is 2. The van der Waals surface area contributed by atoms with Crippen molar-refractivity contribution >= 4 is 121 Å². The van der Waals surface area contributed by atoms with Gasteiger partial charge in [-0.1, -0.05) is 90.5 Å². The fourth-order valence-corrected chi connectivity index (χ4v) is 13.7. The van der Waals surface area contributed by atoms with Gasteiger partial charge in [0.2, 0.25) is 0 Å². The highest BCUT2D eigenvalue weighted by atomic mass is 32.1. The fraction of sp³-hybridized carbons (Fsp3) is 0.333. The number of unbranched alkanes of at least 4 members (excludes halogenated alkanes) is 2. The lowest BCUT2D eigenvalue weighted by atomic mass is 9.95. The molecule has 6 nitrogen and oxygen atoms in total. The second-order valence-corrected chi connectivity index (χ2v) is 20.1. The van der Waals surface area contributed by atoms with Gasteiger partial charge in [-0.3, -0.25) is 9.59 Å². The van der Waals surface area contributed by atoms with Crippen LogP contribution in [0.4, 0.5) is 11.4 Å². The molecule has 2 atom stereocenters. The summed E-state index contributed by atoms with van der Waals surface area (Å²) in [6.07, 6.45) is 9.86. The molecule has 296 valence electrons. The Morgan fingerprint density at radius 2 is 1.00 bits per heavy atom. The molecule has 2 N–H and O–H groups in total. The predicted molar refractivity (Wildman–Crippen MR) is 252 cm³/mol. The molecule has 2 unspecified atom stereocenters. The molecule has 10 rings (SSSR count). The van der Waals surface area contributed by atoms with Gasteiger partial charge in [-0.05, 0) is 83.0 Å². The van der Waals surface area contributed by atoms with E-state index in [4.69, 9.17) is 0 Å². The van der Waals surface area contributed by atoms with Crippen molar-refractivity contribution < 1.29 is 9.59 Å². The quantitative estimate of drug-likeness (QED) is 0.107. The topological polar surface area (TPSA) is 68.1 Å². The van der Waals surface area contributed by atoms with E-state index in [0.29, 0.717) is 23.0 Å². The summed E-state index contributed by atoms with van der Waals surface area (Å²) in [6, 6.07) is 21.6. The van der Waals surface area contributed by atoms with Gasteiger partial charge in [-0.25, -0.2) is 0 Å². The van der Waals surface area contributed by atoms with Crippen molar-refractivity contribution in [1.82, 2.24) is 9.13 Å². The lowest BCUT2D eigenvalue weighted by Crippen LogP contribution is -2.10. The normalized spacial score (nSPS) is 16.3. The maximum atomic E-state index is 13.8. The molecule has 8 aromatic rings. The van der Waals surface area contributed by atoms with Gasteiger partial charge in [0.15, 0.2) is 0 Å². The number of aromatic nitrogens is 2. The number of benzene rings is 2. The van der Waals surface area contributed by atoms with E-state index in [1.54, 1.807) is 0 Å².